The monoisotopic (exact) mass is 172 g/mol. The predicted molar refractivity (Wildman–Crippen MR) is 36.7 cm³/mol. The van der Waals surface area contributed by atoms with Gasteiger partial charge >= 0.3 is 17.1 Å². The fraction of sp³-hybridized carbons (Fsp3) is 0. The van der Waals surface area contributed by atoms with E-state index in [1.807, 2.05) is 0 Å². The Morgan fingerprint density at radius 2 is 1.08 bits per heavy atom. The van der Waals surface area contributed by atoms with E-state index in [0.717, 1.165) is 6.08 Å². The van der Waals surface area contributed by atoms with Crippen LogP contribution in [0.25, 0.3) is 0 Å². The molecule has 0 saturated heterocycles. The molecule has 0 spiro atoms. The highest BCUT2D eigenvalue weighted by atomic mass is 16.2. The SMILES string of the molecule is N=C=O.O=c1[nH]c(=O)[nH]c(=O)[nH]1. The Balaban J connectivity index is 0.000000354. The molecule has 0 aliphatic heterocycles. The molecular weight excluding hydrogens is 168 g/mol. The number of hydrogen-bond donors (Lipinski definition) is 4. The molecule has 0 saturated carbocycles. The Morgan fingerprint density at radius 1 is 0.917 bits per heavy atom. The van der Waals surface area contributed by atoms with Gasteiger partial charge in [0.1, 0.15) is 0 Å². The van der Waals surface area contributed by atoms with Gasteiger partial charge in [0, 0.05) is 0 Å². The third kappa shape index (κ3) is 3.75. The van der Waals surface area contributed by atoms with Crippen LogP contribution in [-0.2, 0) is 4.79 Å². The summed E-state index contributed by atoms with van der Waals surface area (Å²) in [5, 5.41) is 5.40. The van der Waals surface area contributed by atoms with Crippen molar-refractivity contribution in [3.63, 3.8) is 0 Å². The molecule has 1 aromatic rings. The quantitative estimate of drug-likeness (QED) is 0.257. The van der Waals surface area contributed by atoms with Gasteiger partial charge in [0.2, 0.25) is 6.08 Å². The van der Waals surface area contributed by atoms with Gasteiger partial charge in [0.05, 0.1) is 0 Å². The molecule has 0 unspecified atom stereocenters. The smallest absolute Gasteiger partial charge is 0.259 e. The Morgan fingerprint density at radius 3 is 1.25 bits per heavy atom. The Bertz CT molecular complexity index is 353. The number of aromatic amines is 3. The minimum absolute atomic E-state index is 0.750. The highest BCUT2D eigenvalue weighted by molar-refractivity contribution is 5.26. The average Bonchev–Trinajstić information content (AvgIpc) is 1.84. The molecule has 1 heterocycles. The molecule has 8 nitrogen and oxygen atoms in total. The van der Waals surface area contributed by atoms with Gasteiger partial charge in [-0.05, 0) is 0 Å². The summed E-state index contributed by atoms with van der Waals surface area (Å²) >= 11 is 0. The largest absolute Gasteiger partial charge is 0.330 e. The normalized spacial score (nSPS) is 7.67. The van der Waals surface area contributed by atoms with E-state index in [4.69, 9.17) is 10.2 Å². The zero-order valence-corrected chi connectivity index (χ0v) is 5.63. The zero-order chi connectivity index (χ0) is 9.56. The van der Waals surface area contributed by atoms with Gasteiger partial charge in [-0.25, -0.2) is 24.6 Å². The average molecular weight is 172 g/mol. The molecule has 1 aromatic heterocycles. The van der Waals surface area contributed by atoms with Crippen LogP contribution in [-0.4, -0.2) is 21.0 Å². The first-order chi connectivity index (χ1) is 5.60. The van der Waals surface area contributed by atoms with E-state index < -0.39 is 17.1 Å². The maximum absolute atomic E-state index is 10.2. The summed E-state index contributed by atoms with van der Waals surface area (Å²) in [6.07, 6.45) is 0.750. The fourth-order valence-corrected chi connectivity index (χ4v) is 0.403. The maximum Gasteiger partial charge on any atom is 0.330 e. The lowest BCUT2D eigenvalue weighted by Gasteiger charge is -1.77. The number of nitrogens with one attached hydrogen (secondary N) is 4. The Kier molecular flexibility index (Phi) is 3.74. The van der Waals surface area contributed by atoms with Gasteiger partial charge < -0.3 is 0 Å². The van der Waals surface area contributed by atoms with Gasteiger partial charge in [-0.1, -0.05) is 0 Å². The van der Waals surface area contributed by atoms with Crippen molar-refractivity contribution in [2.24, 2.45) is 0 Å². The second kappa shape index (κ2) is 4.58. The van der Waals surface area contributed by atoms with Crippen LogP contribution < -0.4 is 17.1 Å². The molecule has 8 heteroatoms. The molecule has 4 N–H and O–H groups in total. The van der Waals surface area contributed by atoms with Gasteiger partial charge in [-0.15, -0.1) is 0 Å². The Hall–Kier alpha value is -2.21. The summed E-state index contributed by atoms with van der Waals surface area (Å²) in [5.41, 5.74) is -2.41. The Labute approximate surface area is 63.8 Å². The lowest BCUT2D eigenvalue weighted by Crippen LogP contribution is -2.34. The van der Waals surface area contributed by atoms with Crippen LogP contribution in [0, 0.1) is 5.41 Å². The van der Waals surface area contributed by atoms with Crippen LogP contribution in [0.3, 0.4) is 0 Å². The topological polar surface area (TPSA) is 139 Å². The van der Waals surface area contributed by atoms with Crippen molar-refractivity contribution in [3.8, 4) is 0 Å². The second-order valence-corrected chi connectivity index (χ2v) is 1.46. The molecule has 1 rings (SSSR count). The van der Waals surface area contributed by atoms with Crippen molar-refractivity contribution >= 4 is 6.08 Å². The number of hydrogen-bond acceptors (Lipinski definition) is 5. The molecule has 0 atom stereocenters. The van der Waals surface area contributed by atoms with E-state index in [9.17, 15) is 14.4 Å². The highest BCUT2D eigenvalue weighted by Crippen LogP contribution is 1.29. The lowest BCUT2D eigenvalue weighted by molar-refractivity contribution is 0.563. The molecule has 0 amide bonds. The van der Waals surface area contributed by atoms with E-state index >= 15 is 0 Å². The summed E-state index contributed by atoms with van der Waals surface area (Å²) in [5.74, 6) is 0. The first-order valence-corrected chi connectivity index (χ1v) is 2.57. The summed E-state index contributed by atoms with van der Waals surface area (Å²) in [4.78, 5) is 44.3. The van der Waals surface area contributed by atoms with E-state index in [0.29, 0.717) is 0 Å². The molecule has 12 heavy (non-hydrogen) atoms. The molecule has 0 aliphatic carbocycles. The van der Waals surface area contributed by atoms with Crippen LogP contribution in [0.5, 0.6) is 0 Å². The van der Waals surface area contributed by atoms with Crippen molar-refractivity contribution in [3.05, 3.63) is 31.5 Å². The minimum Gasteiger partial charge on any atom is -0.259 e. The maximum atomic E-state index is 10.2. The first-order valence-electron chi connectivity index (χ1n) is 2.57. The standard InChI is InChI=1S/C3H3N3O3.CHNO/c7-1-4-2(8)6-3(9)5-1;2-1-3/h(H3,4,5,6,7,8,9);2H. The van der Waals surface area contributed by atoms with Gasteiger partial charge in [-0.2, -0.15) is 0 Å². The summed E-state index contributed by atoms with van der Waals surface area (Å²) < 4.78 is 0. The molecule has 0 fully saturated rings. The van der Waals surface area contributed by atoms with E-state index in [1.54, 1.807) is 15.0 Å². The number of rotatable bonds is 0. The molecule has 0 radical (unpaired) electrons. The van der Waals surface area contributed by atoms with Gasteiger partial charge in [0.15, 0.2) is 0 Å². The third-order valence-electron chi connectivity index (χ3n) is 0.681. The molecule has 0 aliphatic rings. The van der Waals surface area contributed by atoms with Gasteiger partial charge in [0.25, 0.3) is 0 Å². The minimum atomic E-state index is -0.802. The third-order valence-corrected chi connectivity index (χ3v) is 0.681. The molecule has 0 bridgehead atoms. The number of carbonyl (C=O) groups excluding carboxylic acids is 1. The van der Waals surface area contributed by atoms with Crippen molar-refractivity contribution < 1.29 is 4.79 Å². The fourth-order valence-electron chi connectivity index (χ4n) is 0.403. The van der Waals surface area contributed by atoms with Crippen LogP contribution in [0.1, 0.15) is 0 Å². The van der Waals surface area contributed by atoms with Crippen LogP contribution in [0.15, 0.2) is 14.4 Å². The highest BCUT2D eigenvalue weighted by Gasteiger charge is 1.84. The summed E-state index contributed by atoms with van der Waals surface area (Å²) in [6, 6.07) is 0. The summed E-state index contributed by atoms with van der Waals surface area (Å²) in [6.45, 7) is 0. The van der Waals surface area contributed by atoms with Crippen LogP contribution in [0.4, 0.5) is 0 Å². The van der Waals surface area contributed by atoms with Crippen molar-refractivity contribution in [1.82, 2.24) is 15.0 Å². The number of H-pyrrole nitrogens is 3. The molecule has 64 valence electrons. The molecule has 0 aromatic carbocycles. The number of isocyanates is 1. The van der Waals surface area contributed by atoms with E-state index in [-0.39, 0.29) is 0 Å². The number of aromatic nitrogens is 3. The second-order valence-electron chi connectivity index (χ2n) is 1.46. The van der Waals surface area contributed by atoms with Crippen LogP contribution in [0.2, 0.25) is 0 Å². The van der Waals surface area contributed by atoms with Crippen molar-refractivity contribution in [2.75, 3.05) is 0 Å². The predicted octanol–water partition coefficient (Wildman–Crippen LogP) is -2.35. The van der Waals surface area contributed by atoms with Crippen molar-refractivity contribution in [2.45, 2.75) is 0 Å². The first kappa shape index (κ1) is 9.79. The molecular formula is C4H4N4O4. The lowest BCUT2D eigenvalue weighted by atomic mass is 11.0. The van der Waals surface area contributed by atoms with Crippen molar-refractivity contribution in [1.29, 1.82) is 5.41 Å². The summed E-state index contributed by atoms with van der Waals surface area (Å²) in [7, 11) is 0. The van der Waals surface area contributed by atoms with Gasteiger partial charge in [-0.3, -0.25) is 15.0 Å². The van der Waals surface area contributed by atoms with E-state index in [1.165, 1.54) is 0 Å². The van der Waals surface area contributed by atoms with Crippen LogP contribution >= 0.6 is 0 Å². The van der Waals surface area contributed by atoms with E-state index in [2.05, 4.69) is 0 Å². The zero-order valence-electron chi connectivity index (χ0n) is 5.63.